The zero-order chi connectivity index (χ0) is 20.6. The van der Waals surface area contributed by atoms with E-state index in [0.29, 0.717) is 22.7 Å². The summed E-state index contributed by atoms with van der Waals surface area (Å²) in [5, 5.41) is 5.67. The third-order valence-electron chi connectivity index (χ3n) is 4.37. The normalized spacial score (nSPS) is 10.1. The van der Waals surface area contributed by atoms with Gasteiger partial charge in [0.1, 0.15) is 5.75 Å². The molecule has 0 bridgehead atoms. The standard InChI is InChI=1S/C23H23N3O3/c1-26(18-8-4-3-5-9-18)16-22(27)25-21-11-7-6-10-20(21)23(28)24-17-12-14-19(29-2)15-13-17/h3-15H,16H2,1-2H3,(H,24,28)(H,25,27). The van der Waals surface area contributed by atoms with Gasteiger partial charge in [-0.1, -0.05) is 30.3 Å². The van der Waals surface area contributed by atoms with E-state index in [-0.39, 0.29) is 18.4 Å². The van der Waals surface area contributed by atoms with Crippen LogP contribution >= 0.6 is 0 Å². The maximum Gasteiger partial charge on any atom is 0.257 e. The molecule has 6 nitrogen and oxygen atoms in total. The lowest BCUT2D eigenvalue weighted by atomic mass is 10.1. The molecule has 0 unspecified atom stereocenters. The zero-order valence-corrected chi connectivity index (χ0v) is 16.4. The Morgan fingerprint density at radius 2 is 1.52 bits per heavy atom. The lowest BCUT2D eigenvalue weighted by Gasteiger charge is -2.19. The molecule has 3 rings (SSSR count). The number of para-hydroxylation sites is 2. The zero-order valence-electron chi connectivity index (χ0n) is 16.4. The number of carbonyl (C=O) groups excluding carboxylic acids is 2. The van der Waals surface area contributed by atoms with Crippen molar-refractivity contribution in [3.8, 4) is 5.75 Å². The highest BCUT2D eigenvalue weighted by molar-refractivity contribution is 6.10. The summed E-state index contributed by atoms with van der Waals surface area (Å²) >= 11 is 0. The van der Waals surface area contributed by atoms with E-state index in [4.69, 9.17) is 4.74 Å². The largest absolute Gasteiger partial charge is 0.497 e. The van der Waals surface area contributed by atoms with Crippen LogP contribution in [0.1, 0.15) is 10.4 Å². The summed E-state index contributed by atoms with van der Waals surface area (Å²) in [4.78, 5) is 27.1. The number of benzene rings is 3. The number of hydrogen-bond donors (Lipinski definition) is 2. The molecule has 0 saturated carbocycles. The van der Waals surface area contributed by atoms with Crippen LogP contribution < -0.4 is 20.3 Å². The van der Waals surface area contributed by atoms with Crippen LogP contribution in [0.4, 0.5) is 17.1 Å². The van der Waals surface area contributed by atoms with E-state index in [1.165, 1.54) is 0 Å². The van der Waals surface area contributed by atoms with Crippen LogP contribution in [0.5, 0.6) is 5.75 Å². The van der Waals surface area contributed by atoms with Crippen LogP contribution in [0.2, 0.25) is 0 Å². The molecule has 0 aromatic heterocycles. The first kappa shape index (κ1) is 19.9. The number of rotatable bonds is 7. The predicted octanol–water partition coefficient (Wildman–Crippen LogP) is 4.02. The quantitative estimate of drug-likeness (QED) is 0.640. The average Bonchev–Trinajstić information content (AvgIpc) is 2.75. The number of methoxy groups -OCH3 is 1. The summed E-state index contributed by atoms with van der Waals surface area (Å²) < 4.78 is 5.12. The van der Waals surface area contributed by atoms with E-state index >= 15 is 0 Å². The number of ether oxygens (including phenoxy) is 1. The number of nitrogens with zero attached hydrogens (tertiary/aromatic N) is 1. The smallest absolute Gasteiger partial charge is 0.257 e. The lowest BCUT2D eigenvalue weighted by molar-refractivity contribution is -0.114. The van der Waals surface area contributed by atoms with Crippen molar-refractivity contribution in [2.75, 3.05) is 36.2 Å². The SMILES string of the molecule is COc1ccc(NC(=O)c2ccccc2NC(=O)CN(C)c2ccccc2)cc1. The Morgan fingerprint density at radius 3 is 2.21 bits per heavy atom. The highest BCUT2D eigenvalue weighted by Gasteiger charge is 2.14. The first-order valence-corrected chi connectivity index (χ1v) is 9.17. The maximum atomic E-state index is 12.7. The topological polar surface area (TPSA) is 70.7 Å². The molecule has 2 N–H and O–H groups in total. The number of carbonyl (C=O) groups is 2. The molecule has 0 aliphatic carbocycles. The summed E-state index contributed by atoms with van der Waals surface area (Å²) in [5.74, 6) is 0.196. The summed E-state index contributed by atoms with van der Waals surface area (Å²) in [6.45, 7) is 0.165. The fraction of sp³-hybridized carbons (Fsp3) is 0.130. The molecule has 0 saturated heterocycles. The molecule has 3 aromatic rings. The molecule has 0 aliphatic heterocycles. The van der Waals surface area contributed by atoms with Crippen LogP contribution in [-0.2, 0) is 4.79 Å². The number of hydrogen-bond acceptors (Lipinski definition) is 4. The number of anilines is 3. The lowest BCUT2D eigenvalue weighted by Crippen LogP contribution is -2.30. The van der Waals surface area contributed by atoms with E-state index in [9.17, 15) is 9.59 Å². The summed E-state index contributed by atoms with van der Waals surface area (Å²) in [5.41, 5.74) is 2.43. The van der Waals surface area contributed by atoms with E-state index in [1.807, 2.05) is 42.3 Å². The molecule has 0 fully saturated rings. The first-order chi connectivity index (χ1) is 14.1. The molecule has 0 heterocycles. The van der Waals surface area contributed by atoms with Crippen molar-refractivity contribution >= 4 is 28.9 Å². The van der Waals surface area contributed by atoms with E-state index in [1.54, 1.807) is 55.6 Å². The van der Waals surface area contributed by atoms with E-state index < -0.39 is 0 Å². The Hall–Kier alpha value is -3.80. The van der Waals surface area contributed by atoms with Crippen LogP contribution in [0.15, 0.2) is 78.9 Å². The number of amides is 2. The fourth-order valence-electron chi connectivity index (χ4n) is 2.84. The third kappa shape index (κ3) is 5.35. The molecule has 0 radical (unpaired) electrons. The van der Waals surface area contributed by atoms with Gasteiger partial charge in [0.2, 0.25) is 5.91 Å². The predicted molar refractivity (Wildman–Crippen MR) is 116 cm³/mol. The molecule has 0 aliphatic rings. The van der Waals surface area contributed by atoms with Gasteiger partial charge < -0.3 is 20.3 Å². The Kier molecular flexibility index (Phi) is 6.47. The van der Waals surface area contributed by atoms with Gasteiger partial charge in [-0.15, -0.1) is 0 Å². The van der Waals surface area contributed by atoms with Crippen LogP contribution in [-0.4, -0.2) is 32.5 Å². The Morgan fingerprint density at radius 1 is 0.862 bits per heavy atom. The van der Waals surface area contributed by atoms with E-state index in [2.05, 4.69) is 10.6 Å². The second-order valence-corrected chi connectivity index (χ2v) is 6.47. The van der Waals surface area contributed by atoms with Gasteiger partial charge in [-0.25, -0.2) is 0 Å². The van der Waals surface area contributed by atoms with Gasteiger partial charge in [0.05, 0.1) is 24.9 Å². The molecule has 2 amide bonds. The summed E-state index contributed by atoms with van der Waals surface area (Å²) in [7, 11) is 3.43. The van der Waals surface area contributed by atoms with Gasteiger partial charge in [-0.05, 0) is 48.5 Å². The molecule has 148 valence electrons. The van der Waals surface area contributed by atoms with Crippen LogP contribution in [0.25, 0.3) is 0 Å². The minimum absolute atomic E-state index is 0.165. The number of nitrogens with one attached hydrogen (secondary N) is 2. The van der Waals surface area contributed by atoms with Gasteiger partial charge in [-0.3, -0.25) is 9.59 Å². The monoisotopic (exact) mass is 389 g/mol. The van der Waals surface area contributed by atoms with Crippen molar-refractivity contribution in [2.24, 2.45) is 0 Å². The first-order valence-electron chi connectivity index (χ1n) is 9.17. The van der Waals surface area contributed by atoms with Gasteiger partial charge in [0, 0.05) is 18.4 Å². The Labute approximate surface area is 170 Å². The highest BCUT2D eigenvalue weighted by Crippen LogP contribution is 2.20. The molecular formula is C23H23N3O3. The minimum atomic E-state index is -0.303. The molecular weight excluding hydrogens is 366 g/mol. The van der Waals surface area contributed by atoms with Crippen molar-refractivity contribution in [1.29, 1.82) is 0 Å². The van der Waals surface area contributed by atoms with Crippen molar-refractivity contribution in [1.82, 2.24) is 0 Å². The van der Waals surface area contributed by atoms with Crippen molar-refractivity contribution in [2.45, 2.75) is 0 Å². The fourth-order valence-corrected chi connectivity index (χ4v) is 2.84. The molecule has 0 spiro atoms. The Bertz CT molecular complexity index is 972. The third-order valence-corrected chi connectivity index (χ3v) is 4.37. The van der Waals surface area contributed by atoms with Crippen molar-refractivity contribution in [3.63, 3.8) is 0 Å². The van der Waals surface area contributed by atoms with Crippen LogP contribution in [0, 0.1) is 0 Å². The molecule has 29 heavy (non-hydrogen) atoms. The van der Waals surface area contributed by atoms with Gasteiger partial charge in [0.15, 0.2) is 0 Å². The number of likely N-dealkylation sites (N-methyl/N-ethyl adjacent to an activating group) is 1. The minimum Gasteiger partial charge on any atom is -0.497 e. The molecule has 3 aromatic carbocycles. The molecule has 0 atom stereocenters. The van der Waals surface area contributed by atoms with Gasteiger partial charge in [-0.2, -0.15) is 0 Å². The Balaban J connectivity index is 1.67. The molecule has 6 heteroatoms. The second kappa shape index (κ2) is 9.41. The van der Waals surface area contributed by atoms with E-state index in [0.717, 1.165) is 5.69 Å². The van der Waals surface area contributed by atoms with Gasteiger partial charge in [0.25, 0.3) is 5.91 Å². The van der Waals surface area contributed by atoms with Gasteiger partial charge >= 0.3 is 0 Å². The maximum absolute atomic E-state index is 12.7. The van der Waals surface area contributed by atoms with Crippen molar-refractivity contribution < 1.29 is 14.3 Å². The summed E-state index contributed by atoms with van der Waals surface area (Å²) in [6, 6.07) is 23.6. The van der Waals surface area contributed by atoms with Crippen molar-refractivity contribution in [3.05, 3.63) is 84.4 Å². The second-order valence-electron chi connectivity index (χ2n) is 6.47. The highest BCUT2D eigenvalue weighted by atomic mass is 16.5. The average molecular weight is 389 g/mol. The van der Waals surface area contributed by atoms with Crippen LogP contribution in [0.3, 0.4) is 0 Å². The summed E-state index contributed by atoms with van der Waals surface area (Å²) in [6.07, 6.45) is 0.